The second kappa shape index (κ2) is 4.81. The zero-order valence-corrected chi connectivity index (χ0v) is 11.4. The summed E-state index contributed by atoms with van der Waals surface area (Å²) in [5, 5.41) is 10.9. The number of nitrogens with one attached hydrogen (secondary N) is 2. The van der Waals surface area contributed by atoms with E-state index < -0.39 is 0 Å². The maximum atomic E-state index is 5.79. The lowest BCUT2D eigenvalue weighted by molar-refractivity contribution is 0.324. The molecule has 5 heteroatoms. The minimum Gasteiger partial charge on any atom is -0.489 e. The molecule has 2 N–H and O–H groups in total. The predicted octanol–water partition coefficient (Wildman–Crippen LogP) is 2.93. The van der Waals surface area contributed by atoms with Crippen molar-refractivity contribution < 1.29 is 4.74 Å². The molecule has 0 unspecified atom stereocenters. The molecule has 0 bridgehead atoms. The average molecular weight is 270 g/mol. The number of hydrogen-bond donors (Lipinski definition) is 2. The van der Waals surface area contributed by atoms with Crippen LogP contribution in [0.5, 0.6) is 5.75 Å². The number of para-hydroxylation sites is 1. The van der Waals surface area contributed by atoms with Crippen LogP contribution >= 0.6 is 0 Å². The summed E-state index contributed by atoms with van der Waals surface area (Å²) in [6.07, 6.45) is 5.04. The van der Waals surface area contributed by atoms with Crippen LogP contribution in [0.2, 0.25) is 0 Å². The molecule has 1 aliphatic carbocycles. The minimum atomic E-state index is 0.551. The first-order valence-electron chi connectivity index (χ1n) is 7.34. The van der Waals surface area contributed by atoms with Gasteiger partial charge < -0.3 is 10.1 Å². The van der Waals surface area contributed by atoms with Gasteiger partial charge in [0.1, 0.15) is 12.4 Å². The molecule has 4 rings (SSSR count). The lowest BCUT2D eigenvalue weighted by atomic mass is 10.1. The molecule has 1 fully saturated rings. The van der Waals surface area contributed by atoms with E-state index in [2.05, 4.69) is 15.5 Å². The number of aromatic amines is 1. The SMILES string of the molecule is c1cc2c(c(-c3n[nH]c(C4CCCC4)n3)c1)OCCN2. The van der Waals surface area contributed by atoms with E-state index in [1.165, 1.54) is 25.7 Å². The first kappa shape index (κ1) is 11.8. The highest BCUT2D eigenvalue weighted by Crippen LogP contribution is 2.38. The van der Waals surface area contributed by atoms with Gasteiger partial charge in [-0.15, -0.1) is 0 Å². The van der Waals surface area contributed by atoms with Crippen LogP contribution in [0.3, 0.4) is 0 Å². The number of nitrogens with zero attached hydrogens (tertiary/aromatic N) is 2. The minimum absolute atomic E-state index is 0.551. The summed E-state index contributed by atoms with van der Waals surface area (Å²) in [5.41, 5.74) is 2.00. The van der Waals surface area contributed by atoms with E-state index in [0.717, 1.165) is 35.2 Å². The number of ether oxygens (including phenoxy) is 1. The molecule has 1 aromatic carbocycles. The summed E-state index contributed by atoms with van der Waals surface area (Å²) in [6, 6.07) is 6.07. The van der Waals surface area contributed by atoms with Crippen molar-refractivity contribution in [1.82, 2.24) is 15.2 Å². The van der Waals surface area contributed by atoms with Gasteiger partial charge >= 0.3 is 0 Å². The Hall–Kier alpha value is -2.04. The Bertz CT molecular complexity index is 616. The molecule has 0 spiro atoms. The second-order valence-corrected chi connectivity index (χ2v) is 5.48. The highest BCUT2D eigenvalue weighted by molar-refractivity contribution is 5.75. The summed E-state index contributed by atoms with van der Waals surface area (Å²) in [7, 11) is 0. The summed E-state index contributed by atoms with van der Waals surface area (Å²) in [5.74, 6) is 3.19. The van der Waals surface area contributed by atoms with E-state index in [4.69, 9.17) is 9.72 Å². The summed E-state index contributed by atoms with van der Waals surface area (Å²) < 4.78 is 5.79. The molecule has 0 radical (unpaired) electrons. The van der Waals surface area contributed by atoms with Crippen LogP contribution in [0.15, 0.2) is 18.2 Å². The molecule has 0 atom stereocenters. The topological polar surface area (TPSA) is 62.8 Å². The number of H-pyrrole nitrogens is 1. The van der Waals surface area contributed by atoms with Crippen LogP contribution in [0.1, 0.15) is 37.4 Å². The van der Waals surface area contributed by atoms with Gasteiger partial charge in [-0.3, -0.25) is 5.10 Å². The fraction of sp³-hybridized carbons (Fsp3) is 0.467. The normalized spacial score (nSPS) is 18.4. The van der Waals surface area contributed by atoms with E-state index in [1.807, 2.05) is 18.2 Å². The predicted molar refractivity (Wildman–Crippen MR) is 77.0 cm³/mol. The highest BCUT2D eigenvalue weighted by atomic mass is 16.5. The number of benzene rings is 1. The lowest BCUT2D eigenvalue weighted by Crippen LogP contribution is -2.18. The zero-order valence-electron chi connectivity index (χ0n) is 11.4. The van der Waals surface area contributed by atoms with Gasteiger partial charge in [0, 0.05) is 12.5 Å². The van der Waals surface area contributed by atoms with Gasteiger partial charge in [-0.2, -0.15) is 5.10 Å². The Morgan fingerprint density at radius 2 is 2.10 bits per heavy atom. The Labute approximate surface area is 117 Å². The van der Waals surface area contributed by atoms with Crippen molar-refractivity contribution in [3.8, 4) is 17.1 Å². The molecule has 20 heavy (non-hydrogen) atoms. The van der Waals surface area contributed by atoms with Crippen LogP contribution in [0.25, 0.3) is 11.4 Å². The van der Waals surface area contributed by atoms with Crippen LogP contribution in [0, 0.1) is 0 Å². The van der Waals surface area contributed by atoms with Gasteiger partial charge in [0.05, 0.1) is 11.3 Å². The van der Waals surface area contributed by atoms with Crippen LogP contribution in [-0.2, 0) is 0 Å². The van der Waals surface area contributed by atoms with Crippen molar-refractivity contribution in [3.63, 3.8) is 0 Å². The molecule has 2 aliphatic rings. The van der Waals surface area contributed by atoms with Crippen molar-refractivity contribution in [3.05, 3.63) is 24.0 Å². The number of fused-ring (bicyclic) bond motifs is 1. The fourth-order valence-electron chi connectivity index (χ4n) is 3.12. The molecule has 1 saturated carbocycles. The number of rotatable bonds is 2. The van der Waals surface area contributed by atoms with Gasteiger partial charge in [-0.05, 0) is 25.0 Å². The molecule has 5 nitrogen and oxygen atoms in total. The molecule has 0 saturated heterocycles. The molecule has 1 aliphatic heterocycles. The number of hydrogen-bond acceptors (Lipinski definition) is 4. The molecular weight excluding hydrogens is 252 g/mol. The molecule has 2 heterocycles. The number of aromatic nitrogens is 3. The molecule has 104 valence electrons. The molecule has 1 aromatic heterocycles. The van der Waals surface area contributed by atoms with Gasteiger partial charge in [0.15, 0.2) is 11.6 Å². The molecular formula is C15H18N4O. The van der Waals surface area contributed by atoms with Crippen LogP contribution < -0.4 is 10.1 Å². The first-order chi connectivity index (χ1) is 9.92. The summed E-state index contributed by atoms with van der Waals surface area (Å²) in [4.78, 5) is 4.70. The third-order valence-electron chi connectivity index (χ3n) is 4.16. The third kappa shape index (κ3) is 1.94. The smallest absolute Gasteiger partial charge is 0.184 e. The second-order valence-electron chi connectivity index (χ2n) is 5.48. The van der Waals surface area contributed by atoms with E-state index in [-0.39, 0.29) is 0 Å². The standard InChI is InChI=1S/C15H18N4O/c1-2-5-10(4-1)14-17-15(19-18-14)11-6-3-7-12-13(11)20-9-8-16-12/h3,6-7,10,16H,1-2,4-5,8-9H2,(H,17,18,19). The highest BCUT2D eigenvalue weighted by Gasteiger charge is 2.23. The molecule has 0 amide bonds. The van der Waals surface area contributed by atoms with Crippen molar-refractivity contribution >= 4 is 5.69 Å². The fourth-order valence-corrected chi connectivity index (χ4v) is 3.12. The lowest BCUT2D eigenvalue weighted by Gasteiger charge is -2.20. The zero-order chi connectivity index (χ0) is 13.4. The van der Waals surface area contributed by atoms with Crippen molar-refractivity contribution in [2.75, 3.05) is 18.5 Å². The van der Waals surface area contributed by atoms with E-state index in [0.29, 0.717) is 12.5 Å². The van der Waals surface area contributed by atoms with Gasteiger partial charge in [0.25, 0.3) is 0 Å². The Morgan fingerprint density at radius 3 is 3.00 bits per heavy atom. The number of anilines is 1. The Kier molecular flexibility index (Phi) is 2.83. The summed E-state index contributed by atoms with van der Waals surface area (Å²) >= 11 is 0. The van der Waals surface area contributed by atoms with E-state index in [9.17, 15) is 0 Å². The van der Waals surface area contributed by atoms with Gasteiger partial charge in [-0.25, -0.2) is 4.98 Å². The summed E-state index contributed by atoms with van der Waals surface area (Å²) in [6.45, 7) is 1.53. The average Bonchev–Trinajstić information content (AvgIpc) is 3.17. The Balaban J connectivity index is 1.70. The molecule has 2 aromatic rings. The van der Waals surface area contributed by atoms with Crippen molar-refractivity contribution in [2.24, 2.45) is 0 Å². The van der Waals surface area contributed by atoms with Crippen molar-refractivity contribution in [1.29, 1.82) is 0 Å². The van der Waals surface area contributed by atoms with Gasteiger partial charge in [0.2, 0.25) is 0 Å². The monoisotopic (exact) mass is 270 g/mol. The van der Waals surface area contributed by atoms with E-state index in [1.54, 1.807) is 0 Å². The Morgan fingerprint density at radius 1 is 1.20 bits per heavy atom. The van der Waals surface area contributed by atoms with Crippen LogP contribution in [0.4, 0.5) is 5.69 Å². The maximum absolute atomic E-state index is 5.79. The van der Waals surface area contributed by atoms with Crippen molar-refractivity contribution in [2.45, 2.75) is 31.6 Å². The van der Waals surface area contributed by atoms with E-state index >= 15 is 0 Å². The third-order valence-corrected chi connectivity index (χ3v) is 4.16. The first-order valence-corrected chi connectivity index (χ1v) is 7.34. The maximum Gasteiger partial charge on any atom is 0.184 e. The van der Waals surface area contributed by atoms with Gasteiger partial charge in [-0.1, -0.05) is 18.9 Å². The quantitative estimate of drug-likeness (QED) is 0.880. The largest absolute Gasteiger partial charge is 0.489 e. The van der Waals surface area contributed by atoms with Crippen LogP contribution in [-0.4, -0.2) is 28.3 Å².